The molecule has 0 unspecified atom stereocenters. The number of rotatable bonds is 9. The molecule has 4 aromatic rings. The van der Waals surface area contributed by atoms with Gasteiger partial charge >= 0.3 is 6.01 Å². The Labute approximate surface area is 206 Å². The maximum Gasteiger partial charge on any atom is 0.336 e. The van der Waals surface area contributed by atoms with Gasteiger partial charge in [0.1, 0.15) is 6.61 Å². The van der Waals surface area contributed by atoms with Crippen molar-refractivity contribution < 1.29 is 14.3 Å². The fourth-order valence-electron chi connectivity index (χ4n) is 3.25. The van der Waals surface area contributed by atoms with Crippen molar-refractivity contribution in [2.24, 2.45) is 0 Å². The lowest BCUT2D eigenvalue weighted by molar-refractivity contribution is 0.102. The third kappa shape index (κ3) is 5.89. The first-order chi connectivity index (χ1) is 16.5. The number of hydrogen-bond donors (Lipinski definition) is 1. The third-order valence-corrected chi connectivity index (χ3v) is 5.57. The molecule has 1 heterocycles. The molecule has 3 aromatic carbocycles. The molecule has 0 atom stereocenters. The van der Waals surface area contributed by atoms with Crippen molar-refractivity contribution in [1.29, 1.82) is 0 Å². The predicted octanol–water partition coefficient (Wildman–Crippen LogP) is 5.67. The molecule has 0 saturated carbocycles. The summed E-state index contributed by atoms with van der Waals surface area (Å²) in [4.78, 5) is 17.1. The molecule has 0 bridgehead atoms. The van der Waals surface area contributed by atoms with Gasteiger partial charge in [-0.2, -0.15) is 4.98 Å². The average Bonchev–Trinajstić information content (AvgIpc) is 3.27. The van der Waals surface area contributed by atoms with Crippen LogP contribution in [0.25, 0.3) is 17.1 Å². The minimum atomic E-state index is -0.175. The molecular formula is C26H25BrN4O3. The van der Waals surface area contributed by atoms with Crippen LogP contribution in [-0.2, 0) is 4.74 Å². The zero-order chi connectivity index (χ0) is 23.9. The molecule has 0 aliphatic rings. The summed E-state index contributed by atoms with van der Waals surface area (Å²) in [7, 11) is 0. The molecule has 7 nitrogen and oxygen atoms in total. The van der Waals surface area contributed by atoms with Crippen LogP contribution in [0, 0.1) is 6.92 Å². The molecule has 174 valence electrons. The zero-order valence-corrected chi connectivity index (χ0v) is 20.6. The molecule has 0 spiro atoms. The highest BCUT2D eigenvalue weighted by Crippen LogP contribution is 2.25. The number of halogens is 1. The van der Waals surface area contributed by atoms with Gasteiger partial charge < -0.3 is 14.8 Å². The van der Waals surface area contributed by atoms with Crippen LogP contribution >= 0.6 is 15.9 Å². The number of anilines is 1. The summed E-state index contributed by atoms with van der Waals surface area (Å²) in [5, 5.41) is 7.48. The Hall–Kier alpha value is -3.49. The summed E-state index contributed by atoms with van der Waals surface area (Å²) in [5.41, 5.74) is 4.14. The first-order valence-electron chi connectivity index (χ1n) is 11.0. The maximum absolute atomic E-state index is 12.5. The SMILES string of the molecule is CCOCCOc1nc(-c2ccc(C)cc2)n(-c2ccc(NC(=O)c3ccc(Br)cc3)cc2)n1. The number of ether oxygens (including phenoxy) is 2. The summed E-state index contributed by atoms with van der Waals surface area (Å²) < 4.78 is 13.7. The molecule has 0 fully saturated rings. The lowest BCUT2D eigenvalue weighted by Gasteiger charge is -2.09. The number of amides is 1. The zero-order valence-electron chi connectivity index (χ0n) is 19.0. The highest BCUT2D eigenvalue weighted by Gasteiger charge is 2.15. The van der Waals surface area contributed by atoms with Crippen LogP contribution in [0.5, 0.6) is 6.01 Å². The standard InChI is InChI=1S/C26H25BrN4O3/c1-3-33-16-17-34-26-29-24(19-6-4-18(2)5-7-19)31(30-26)23-14-12-22(13-15-23)28-25(32)20-8-10-21(27)11-9-20/h4-15H,3,16-17H2,1-2H3,(H,28,32). The summed E-state index contributed by atoms with van der Waals surface area (Å²) in [6.07, 6.45) is 0. The number of carbonyl (C=O) groups is 1. The van der Waals surface area contributed by atoms with Crippen molar-refractivity contribution in [1.82, 2.24) is 14.8 Å². The number of nitrogens with one attached hydrogen (secondary N) is 1. The molecule has 0 saturated heterocycles. The molecule has 1 aromatic heterocycles. The third-order valence-electron chi connectivity index (χ3n) is 5.04. The lowest BCUT2D eigenvalue weighted by Crippen LogP contribution is -2.11. The van der Waals surface area contributed by atoms with Gasteiger partial charge in [-0.25, -0.2) is 4.68 Å². The fourth-order valence-corrected chi connectivity index (χ4v) is 3.51. The summed E-state index contributed by atoms with van der Waals surface area (Å²) in [6.45, 7) is 5.44. The number of aromatic nitrogens is 3. The van der Waals surface area contributed by atoms with E-state index in [1.807, 2.05) is 74.5 Å². The van der Waals surface area contributed by atoms with Crippen LogP contribution in [0.4, 0.5) is 5.69 Å². The van der Waals surface area contributed by atoms with Crippen molar-refractivity contribution in [2.45, 2.75) is 13.8 Å². The average molecular weight is 521 g/mol. The predicted molar refractivity (Wildman–Crippen MR) is 136 cm³/mol. The van der Waals surface area contributed by atoms with Gasteiger partial charge in [-0.3, -0.25) is 4.79 Å². The number of aryl methyl sites for hydroxylation is 1. The number of hydrogen-bond acceptors (Lipinski definition) is 5. The van der Waals surface area contributed by atoms with Crippen molar-refractivity contribution >= 4 is 27.5 Å². The van der Waals surface area contributed by atoms with Gasteiger partial charge in [-0.15, -0.1) is 5.10 Å². The molecular weight excluding hydrogens is 496 g/mol. The van der Waals surface area contributed by atoms with Crippen LogP contribution in [0.15, 0.2) is 77.3 Å². The second-order valence-electron chi connectivity index (χ2n) is 7.55. The Balaban J connectivity index is 1.56. The van der Waals surface area contributed by atoms with E-state index in [0.717, 1.165) is 21.3 Å². The smallest absolute Gasteiger partial charge is 0.336 e. The Kier molecular flexibility index (Phi) is 7.72. The van der Waals surface area contributed by atoms with E-state index < -0.39 is 0 Å². The van der Waals surface area contributed by atoms with Crippen molar-refractivity contribution in [3.8, 4) is 23.1 Å². The van der Waals surface area contributed by atoms with Gasteiger partial charge in [0.25, 0.3) is 5.91 Å². The largest absolute Gasteiger partial charge is 0.460 e. The molecule has 0 radical (unpaired) electrons. The van der Waals surface area contributed by atoms with E-state index in [-0.39, 0.29) is 11.9 Å². The topological polar surface area (TPSA) is 78.3 Å². The van der Waals surface area contributed by atoms with Crippen LogP contribution in [0.3, 0.4) is 0 Å². The van der Waals surface area contributed by atoms with Crippen molar-refractivity contribution in [3.05, 3.63) is 88.4 Å². The summed E-state index contributed by atoms with van der Waals surface area (Å²) >= 11 is 3.38. The van der Waals surface area contributed by atoms with E-state index in [9.17, 15) is 4.79 Å². The number of carbonyl (C=O) groups excluding carboxylic acids is 1. The molecule has 1 amide bonds. The van der Waals surface area contributed by atoms with Crippen LogP contribution in [0.2, 0.25) is 0 Å². The maximum atomic E-state index is 12.5. The Morgan fingerprint density at radius 1 is 0.971 bits per heavy atom. The van der Waals surface area contributed by atoms with Crippen LogP contribution < -0.4 is 10.1 Å². The highest BCUT2D eigenvalue weighted by atomic mass is 79.9. The van der Waals surface area contributed by atoms with Crippen LogP contribution in [0.1, 0.15) is 22.8 Å². The summed E-state index contributed by atoms with van der Waals surface area (Å²) in [5.74, 6) is 0.490. The van der Waals surface area contributed by atoms with Gasteiger partial charge in [0.05, 0.1) is 12.3 Å². The second-order valence-corrected chi connectivity index (χ2v) is 8.46. The van der Waals surface area contributed by atoms with E-state index in [2.05, 4.69) is 31.3 Å². The molecule has 4 rings (SSSR count). The van der Waals surface area contributed by atoms with E-state index in [1.165, 1.54) is 0 Å². The number of nitrogens with zero attached hydrogens (tertiary/aromatic N) is 3. The second kappa shape index (κ2) is 11.1. The van der Waals surface area contributed by atoms with Gasteiger partial charge in [0.15, 0.2) is 5.82 Å². The van der Waals surface area contributed by atoms with E-state index >= 15 is 0 Å². The first-order valence-corrected chi connectivity index (χ1v) is 11.7. The Bertz CT molecular complexity index is 1240. The van der Waals surface area contributed by atoms with Crippen LogP contribution in [-0.4, -0.2) is 40.5 Å². The van der Waals surface area contributed by atoms with Gasteiger partial charge in [0.2, 0.25) is 0 Å². The van der Waals surface area contributed by atoms with E-state index in [1.54, 1.807) is 16.8 Å². The quantitative estimate of drug-likeness (QED) is 0.287. The summed E-state index contributed by atoms with van der Waals surface area (Å²) in [6, 6.07) is 23.0. The number of benzene rings is 3. The van der Waals surface area contributed by atoms with Gasteiger partial charge in [-0.1, -0.05) is 45.8 Å². The molecule has 0 aliphatic carbocycles. The highest BCUT2D eigenvalue weighted by molar-refractivity contribution is 9.10. The van der Waals surface area contributed by atoms with Gasteiger partial charge in [0, 0.05) is 27.9 Å². The van der Waals surface area contributed by atoms with Gasteiger partial charge in [-0.05, 0) is 62.4 Å². The van der Waals surface area contributed by atoms with Crippen molar-refractivity contribution in [2.75, 3.05) is 25.1 Å². The molecule has 0 aliphatic heterocycles. The fraction of sp³-hybridized carbons (Fsp3) is 0.192. The minimum absolute atomic E-state index is 0.175. The minimum Gasteiger partial charge on any atom is -0.460 e. The molecule has 8 heteroatoms. The first kappa shape index (κ1) is 23.7. The molecule has 1 N–H and O–H groups in total. The van der Waals surface area contributed by atoms with E-state index in [4.69, 9.17) is 9.47 Å². The molecule has 34 heavy (non-hydrogen) atoms. The Morgan fingerprint density at radius 3 is 2.35 bits per heavy atom. The lowest BCUT2D eigenvalue weighted by atomic mass is 10.1. The normalized spacial score (nSPS) is 10.8. The Morgan fingerprint density at radius 2 is 1.68 bits per heavy atom. The monoisotopic (exact) mass is 520 g/mol. The van der Waals surface area contributed by atoms with Crippen molar-refractivity contribution in [3.63, 3.8) is 0 Å². The van der Waals surface area contributed by atoms with E-state index in [0.29, 0.717) is 36.9 Å².